The second-order valence-electron chi connectivity index (χ2n) is 14.2. The smallest absolute Gasteiger partial charge is 0.0473 e. The molecule has 0 spiro atoms. The summed E-state index contributed by atoms with van der Waals surface area (Å²) < 4.78 is 2.62. The fourth-order valence-electron chi connectivity index (χ4n) is 7.83. The van der Waals surface area contributed by atoms with Crippen molar-refractivity contribution in [2.75, 3.05) is 4.90 Å². The van der Waals surface area contributed by atoms with E-state index in [1.54, 1.807) is 0 Å². The lowest BCUT2D eigenvalue weighted by molar-refractivity contribution is 1.28. The normalized spacial score (nSPS) is 11.2. The van der Waals surface area contributed by atoms with Crippen molar-refractivity contribution in [3.63, 3.8) is 0 Å². The quantitative estimate of drug-likeness (QED) is 0.150. The molecule has 2 heteroatoms. The van der Waals surface area contributed by atoms with Gasteiger partial charge in [-0.05, 0) is 122 Å². The third kappa shape index (κ3) is 6.57. The highest BCUT2D eigenvalue weighted by Gasteiger charge is 2.19. The third-order valence-electron chi connectivity index (χ3n) is 10.6. The minimum absolute atomic E-state index is 1.09. The van der Waals surface area contributed by atoms with Crippen molar-refractivity contribution < 1.29 is 0 Å². The zero-order valence-electron chi connectivity index (χ0n) is 30.7. The van der Waals surface area contributed by atoms with Crippen LogP contribution in [0.5, 0.6) is 0 Å². The Balaban J connectivity index is 1.22. The van der Waals surface area contributed by atoms with E-state index in [9.17, 15) is 0 Å². The molecule has 0 radical (unpaired) electrons. The second-order valence-corrected chi connectivity index (χ2v) is 15.3. The molecule has 10 rings (SSSR count). The van der Waals surface area contributed by atoms with Gasteiger partial charge < -0.3 is 4.90 Å². The van der Waals surface area contributed by atoms with Crippen molar-refractivity contribution in [3.8, 4) is 55.6 Å². The Kier molecular flexibility index (Phi) is 8.79. The lowest BCUT2D eigenvalue weighted by Gasteiger charge is -2.28. The Bertz CT molecular complexity index is 2870. The highest BCUT2D eigenvalue weighted by molar-refractivity contribution is 7.25. The Morgan fingerprint density at radius 2 is 0.607 bits per heavy atom. The molecule has 0 aliphatic carbocycles. The van der Waals surface area contributed by atoms with E-state index in [-0.39, 0.29) is 0 Å². The Hall–Kier alpha value is -7.00. The van der Waals surface area contributed by atoms with Gasteiger partial charge in [0.2, 0.25) is 0 Å². The number of rotatable bonds is 8. The molecule has 9 aromatic carbocycles. The Morgan fingerprint density at radius 3 is 1.11 bits per heavy atom. The van der Waals surface area contributed by atoms with Crippen LogP contribution in [0.15, 0.2) is 224 Å². The lowest BCUT2D eigenvalue weighted by atomic mass is 9.95. The van der Waals surface area contributed by atoms with Crippen LogP contribution in [-0.2, 0) is 0 Å². The number of thiophene rings is 1. The molecule has 1 aromatic heterocycles. The molecule has 0 unspecified atom stereocenters. The average Bonchev–Trinajstić information content (AvgIpc) is 3.66. The number of nitrogens with zero attached hydrogens (tertiary/aromatic N) is 1. The second kappa shape index (κ2) is 14.7. The van der Waals surface area contributed by atoms with E-state index in [0.717, 1.165) is 17.1 Å². The van der Waals surface area contributed by atoms with E-state index in [1.807, 2.05) is 11.3 Å². The van der Waals surface area contributed by atoms with Crippen molar-refractivity contribution in [2.45, 2.75) is 0 Å². The first-order valence-corrected chi connectivity index (χ1v) is 19.9. The Morgan fingerprint density at radius 1 is 0.232 bits per heavy atom. The summed E-state index contributed by atoms with van der Waals surface area (Å²) >= 11 is 1.86. The number of anilines is 3. The van der Waals surface area contributed by atoms with Gasteiger partial charge in [-0.25, -0.2) is 0 Å². The van der Waals surface area contributed by atoms with E-state index in [1.165, 1.54) is 75.8 Å². The zero-order valence-corrected chi connectivity index (χ0v) is 31.5. The highest BCUT2D eigenvalue weighted by atomic mass is 32.1. The van der Waals surface area contributed by atoms with Gasteiger partial charge in [0.25, 0.3) is 0 Å². The summed E-state index contributed by atoms with van der Waals surface area (Å²) in [5.41, 5.74) is 15.1. The van der Waals surface area contributed by atoms with Crippen molar-refractivity contribution in [2.24, 2.45) is 0 Å². The first-order chi connectivity index (χ1) is 27.7. The average molecular weight is 732 g/mol. The molecular formula is C54H37NS. The molecule has 56 heavy (non-hydrogen) atoms. The van der Waals surface area contributed by atoms with Crippen LogP contribution in [0.1, 0.15) is 0 Å². The molecule has 0 fully saturated rings. The van der Waals surface area contributed by atoms with Crippen LogP contribution in [0.25, 0.3) is 75.8 Å². The first-order valence-electron chi connectivity index (χ1n) is 19.1. The molecule has 0 aliphatic rings. The molecule has 264 valence electrons. The lowest BCUT2D eigenvalue weighted by Crippen LogP contribution is -2.11. The summed E-state index contributed by atoms with van der Waals surface area (Å²) in [6.45, 7) is 0. The summed E-state index contributed by atoms with van der Waals surface area (Å²) in [6.07, 6.45) is 0. The largest absolute Gasteiger partial charge is 0.310 e. The maximum atomic E-state index is 2.43. The van der Waals surface area contributed by atoms with Gasteiger partial charge in [0, 0.05) is 37.2 Å². The van der Waals surface area contributed by atoms with Gasteiger partial charge in [-0.2, -0.15) is 0 Å². The topological polar surface area (TPSA) is 3.24 Å². The summed E-state index contributed by atoms with van der Waals surface area (Å²) in [4.78, 5) is 2.43. The van der Waals surface area contributed by atoms with Crippen LogP contribution >= 0.6 is 11.3 Å². The van der Waals surface area contributed by atoms with Crippen LogP contribution < -0.4 is 4.90 Å². The highest BCUT2D eigenvalue weighted by Crippen LogP contribution is 2.44. The molecule has 0 bridgehead atoms. The van der Waals surface area contributed by atoms with Gasteiger partial charge in [-0.1, -0.05) is 158 Å². The van der Waals surface area contributed by atoms with Gasteiger partial charge in [-0.3, -0.25) is 0 Å². The van der Waals surface area contributed by atoms with Crippen LogP contribution in [-0.4, -0.2) is 0 Å². The monoisotopic (exact) mass is 731 g/mol. The molecule has 0 aliphatic heterocycles. The van der Waals surface area contributed by atoms with E-state index in [0.29, 0.717) is 0 Å². The molecule has 1 nitrogen and oxygen atoms in total. The zero-order chi connectivity index (χ0) is 37.3. The van der Waals surface area contributed by atoms with E-state index < -0.39 is 0 Å². The fourth-order valence-corrected chi connectivity index (χ4v) is 8.91. The van der Waals surface area contributed by atoms with Crippen molar-refractivity contribution in [3.05, 3.63) is 224 Å². The summed E-state index contributed by atoms with van der Waals surface area (Å²) in [5.74, 6) is 0. The molecule has 0 saturated heterocycles. The fraction of sp³-hybridized carbons (Fsp3) is 0. The van der Waals surface area contributed by atoms with Crippen molar-refractivity contribution in [1.29, 1.82) is 0 Å². The van der Waals surface area contributed by atoms with Gasteiger partial charge in [0.1, 0.15) is 0 Å². The molecule has 0 atom stereocenters. The van der Waals surface area contributed by atoms with Crippen LogP contribution in [0.3, 0.4) is 0 Å². The van der Waals surface area contributed by atoms with Gasteiger partial charge in [-0.15, -0.1) is 11.3 Å². The van der Waals surface area contributed by atoms with Gasteiger partial charge in [0.05, 0.1) is 0 Å². The minimum Gasteiger partial charge on any atom is -0.310 e. The number of benzene rings is 9. The number of hydrogen-bond donors (Lipinski definition) is 0. The summed E-state index contributed by atoms with van der Waals surface area (Å²) in [7, 11) is 0. The standard InChI is InChI=1S/C54H37NS/c1-5-15-38(16-6-1)42-25-28-48(29-26-42)55(49-33-44(39-17-7-2-8-18-39)31-45(34-49)40-19-9-3-10-20-40)50-35-46(41-21-11-4-12-22-41)32-47(36-50)43-27-30-54-52(37-43)51-23-13-14-24-53(51)56-54/h1-37H. The summed E-state index contributed by atoms with van der Waals surface area (Å²) in [5, 5.41) is 2.60. The van der Waals surface area contributed by atoms with E-state index in [4.69, 9.17) is 0 Å². The molecule has 10 aromatic rings. The third-order valence-corrected chi connectivity index (χ3v) is 11.8. The van der Waals surface area contributed by atoms with Crippen LogP contribution in [0, 0.1) is 0 Å². The SMILES string of the molecule is c1ccc(-c2ccc(N(c3cc(-c4ccccc4)cc(-c4ccccc4)c3)c3cc(-c4ccccc4)cc(-c4ccc5sc6ccccc6c5c4)c3)cc2)cc1. The molecule has 0 amide bonds. The van der Waals surface area contributed by atoms with Gasteiger partial charge >= 0.3 is 0 Å². The predicted octanol–water partition coefficient (Wildman–Crippen LogP) is 15.9. The van der Waals surface area contributed by atoms with Crippen LogP contribution in [0.2, 0.25) is 0 Å². The van der Waals surface area contributed by atoms with E-state index >= 15 is 0 Å². The maximum Gasteiger partial charge on any atom is 0.0473 e. The van der Waals surface area contributed by atoms with Gasteiger partial charge in [0.15, 0.2) is 0 Å². The van der Waals surface area contributed by atoms with Crippen molar-refractivity contribution >= 4 is 48.6 Å². The predicted molar refractivity (Wildman–Crippen MR) is 241 cm³/mol. The number of hydrogen-bond acceptors (Lipinski definition) is 2. The molecule has 0 saturated carbocycles. The molecule has 1 heterocycles. The number of fused-ring (bicyclic) bond motifs is 3. The minimum atomic E-state index is 1.09. The molecular weight excluding hydrogens is 695 g/mol. The van der Waals surface area contributed by atoms with Crippen LogP contribution in [0.4, 0.5) is 17.1 Å². The van der Waals surface area contributed by atoms with E-state index in [2.05, 4.69) is 229 Å². The first kappa shape index (κ1) is 33.6. The maximum absolute atomic E-state index is 2.43. The summed E-state index contributed by atoms with van der Waals surface area (Å²) in [6, 6.07) is 81.6. The Labute approximate surface area is 332 Å². The van der Waals surface area contributed by atoms with Crippen molar-refractivity contribution in [1.82, 2.24) is 0 Å². The molecule has 0 N–H and O–H groups in total.